The van der Waals surface area contributed by atoms with Gasteiger partial charge in [-0.25, -0.2) is 14.5 Å². The Labute approximate surface area is 221 Å². The van der Waals surface area contributed by atoms with Crippen LogP contribution in [0.3, 0.4) is 0 Å². The predicted octanol–water partition coefficient (Wildman–Crippen LogP) is 3.16. The average Bonchev–Trinajstić information content (AvgIpc) is 3.13. The van der Waals surface area contributed by atoms with Gasteiger partial charge in [0.25, 0.3) is 17.0 Å². The van der Waals surface area contributed by atoms with E-state index >= 15 is 0 Å². The standard InChI is InChI=1S/C27H25N5O5S/c1-5-15-31-22(33)16-21(24(34)28-19-13-11-18(12-14-19)26(36)37-4)38-27(31)29-23-17(2)30(3)32(25(23)35)20-9-7-6-8-10-20/h5-14,16H,1,15H2,2-4H3,(H,28,34). The Hall–Kier alpha value is -4.77. The SMILES string of the molecule is C=CCn1c(=O)cc(C(=O)Nc2ccc(C(=O)OC)cc2)sc1=Nc1c(C)n(C)n(-c2ccccc2)c1=O. The van der Waals surface area contributed by atoms with Crippen LogP contribution in [-0.2, 0) is 18.3 Å². The number of para-hydroxylation sites is 1. The highest BCUT2D eigenvalue weighted by Gasteiger charge is 2.17. The van der Waals surface area contributed by atoms with E-state index in [1.165, 1.54) is 40.6 Å². The highest BCUT2D eigenvalue weighted by atomic mass is 32.1. The first-order valence-corrected chi connectivity index (χ1v) is 12.3. The summed E-state index contributed by atoms with van der Waals surface area (Å²) in [6, 6.07) is 16.5. The molecule has 0 aliphatic rings. The Morgan fingerprint density at radius 1 is 1.11 bits per heavy atom. The van der Waals surface area contributed by atoms with Gasteiger partial charge in [-0.05, 0) is 43.3 Å². The van der Waals surface area contributed by atoms with Crippen molar-refractivity contribution in [1.82, 2.24) is 13.9 Å². The Morgan fingerprint density at radius 2 is 1.79 bits per heavy atom. The van der Waals surface area contributed by atoms with Crippen LogP contribution in [0.4, 0.5) is 11.4 Å². The lowest BCUT2D eigenvalue weighted by Crippen LogP contribution is -2.33. The number of nitrogens with one attached hydrogen (secondary N) is 1. The second-order valence-corrected chi connectivity index (χ2v) is 9.18. The molecule has 0 radical (unpaired) electrons. The zero-order chi connectivity index (χ0) is 27.4. The lowest BCUT2D eigenvalue weighted by atomic mass is 10.2. The van der Waals surface area contributed by atoms with Crippen molar-refractivity contribution in [3.8, 4) is 5.69 Å². The zero-order valence-corrected chi connectivity index (χ0v) is 21.8. The topological polar surface area (TPSA) is 117 Å². The van der Waals surface area contributed by atoms with Gasteiger partial charge in [0, 0.05) is 25.3 Å². The van der Waals surface area contributed by atoms with Crippen molar-refractivity contribution >= 4 is 34.6 Å². The first-order chi connectivity index (χ1) is 18.2. The Bertz CT molecular complexity index is 1710. The molecule has 0 atom stereocenters. The third-order valence-electron chi connectivity index (χ3n) is 5.78. The third-order valence-corrected chi connectivity index (χ3v) is 6.80. The molecule has 2 heterocycles. The maximum Gasteiger partial charge on any atom is 0.337 e. The normalized spacial score (nSPS) is 11.3. The summed E-state index contributed by atoms with van der Waals surface area (Å²) in [5.74, 6) is -1.03. The fourth-order valence-corrected chi connectivity index (χ4v) is 4.65. The van der Waals surface area contributed by atoms with Gasteiger partial charge in [-0.15, -0.1) is 6.58 Å². The molecule has 10 nitrogen and oxygen atoms in total. The maximum atomic E-state index is 13.4. The number of methoxy groups -OCH3 is 1. The number of anilines is 1. The van der Waals surface area contributed by atoms with Crippen LogP contribution < -0.4 is 21.2 Å². The number of allylic oxidation sites excluding steroid dienone is 1. The van der Waals surface area contributed by atoms with Crippen molar-refractivity contribution < 1.29 is 14.3 Å². The number of ether oxygens (including phenoxy) is 1. The minimum atomic E-state index is -0.536. The van der Waals surface area contributed by atoms with Crippen molar-refractivity contribution in [1.29, 1.82) is 0 Å². The van der Waals surface area contributed by atoms with Gasteiger partial charge in [-0.2, -0.15) is 0 Å². The molecule has 0 aliphatic carbocycles. The van der Waals surface area contributed by atoms with E-state index < -0.39 is 17.4 Å². The summed E-state index contributed by atoms with van der Waals surface area (Å²) in [7, 11) is 3.03. The van der Waals surface area contributed by atoms with Crippen LogP contribution >= 0.6 is 11.3 Å². The molecule has 0 saturated carbocycles. The summed E-state index contributed by atoms with van der Waals surface area (Å²) >= 11 is 0.970. The summed E-state index contributed by atoms with van der Waals surface area (Å²) in [6.07, 6.45) is 1.54. The fourth-order valence-electron chi connectivity index (χ4n) is 3.74. The first kappa shape index (κ1) is 26.3. The number of aromatic nitrogens is 3. The van der Waals surface area contributed by atoms with Crippen LogP contribution in [0.5, 0.6) is 0 Å². The molecular formula is C27H25N5O5S. The maximum absolute atomic E-state index is 13.4. The van der Waals surface area contributed by atoms with E-state index in [0.717, 1.165) is 11.3 Å². The molecule has 4 aromatic rings. The molecule has 0 saturated heterocycles. The van der Waals surface area contributed by atoms with Crippen LogP contribution in [0.15, 0.2) is 87.9 Å². The van der Waals surface area contributed by atoms with Crippen molar-refractivity contribution in [2.24, 2.45) is 12.0 Å². The molecule has 0 fully saturated rings. The van der Waals surface area contributed by atoms with Gasteiger partial charge in [-0.1, -0.05) is 35.6 Å². The van der Waals surface area contributed by atoms with Crippen LogP contribution in [0.25, 0.3) is 5.69 Å². The number of esters is 1. The van der Waals surface area contributed by atoms with Crippen LogP contribution in [0, 0.1) is 6.92 Å². The number of benzene rings is 2. The molecule has 0 bridgehead atoms. The molecule has 0 spiro atoms. The molecule has 1 amide bonds. The summed E-state index contributed by atoms with van der Waals surface area (Å²) in [5, 5.41) is 2.71. The summed E-state index contributed by atoms with van der Waals surface area (Å²) in [4.78, 5) is 55.8. The van der Waals surface area contributed by atoms with Crippen LogP contribution in [0.1, 0.15) is 25.7 Å². The van der Waals surface area contributed by atoms with Gasteiger partial charge in [-0.3, -0.25) is 23.6 Å². The number of rotatable bonds is 7. The molecule has 11 heteroatoms. The van der Waals surface area contributed by atoms with Crippen molar-refractivity contribution in [3.05, 3.63) is 115 Å². The smallest absolute Gasteiger partial charge is 0.337 e. The summed E-state index contributed by atoms with van der Waals surface area (Å²) in [5.41, 5.74) is 1.34. The van der Waals surface area contributed by atoms with Crippen molar-refractivity contribution in [2.45, 2.75) is 13.5 Å². The number of hydrogen-bond acceptors (Lipinski definition) is 7. The van der Waals surface area contributed by atoms with E-state index in [4.69, 9.17) is 0 Å². The van der Waals surface area contributed by atoms with Gasteiger partial charge < -0.3 is 10.1 Å². The van der Waals surface area contributed by atoms with Gasteiger partial charge >= 0.3 is 5.97 Å². The predicted molar refractivity (Wildman–Crippen MR) is 145 cm³/mol. The minimum absolute atomic E-state index is 0.100. The molecule has 194 valence electrons. The largest absolute Gasteiger partial charge is 0.465 e. The van der Waals surface area contributed by atoms with E-state index in [1.54, 1.807) is 30.8 Å². The monoisotopic (exact) mass is 531 g/mol. The van der Waals surface area contributed by atoms with Crippen LogP contribution in [-0.4, -0.2) is 32.9 Å². The van der Waals surface area contributed by atoms with Crippen molar-refractivity contribution in [2.75, 3.05) is 12.4 Å². The quantitative estimate of drug-likeness (QED) is 0.290. The van der Waals surface area contributed by atoms with E-state index in [2.05, 4.69) is 21.6 Å². The molecule has 1 N–H and O–H groups in total. The Morgan fingerprint density at radius 3 is 2.42 bits per heavy atom. The van der Waals surface area contributed by atoms with E-state index in [0.29, 0.717) is 22.6 Å². The van der Waals surface area contributed by atoms with Gasteiger partial charge in [0.1, 0.15) is 4.88 Å². The van der Waals surface area contributed by atoms with E-state index in [1.807, 2.05) is 30.3 Å². The van der Waals surface area contributed by atoms with Crippen LogP contribution in [0.2, 0.25) is 0 Å². The lowest BCUT2D eigenvalue weighted by molar-refractivity contribution is 0.0600. The molecule has 0 aliphatic heterocycles. The molecule has 2 aromatic carbocycles. The summed E-state index contributed by atoms with van der Waals surface area (Å²) in [6.45, 7) is 5.60. The zero-order valence-electron chi connectivity index (χ0n) is 21.0. The van der Waals surface area contributed by atoms with Crippen molar-refractivity contribution in [3.63, 3.8) is 0 Å². The summed E-state index contributed by atoms with van der Waals surface area (Å²) < 4.78 is 9.20. The van der Waals surface area contributed by atoms with E-state index in [9.17, 15) is 19.2 Å². The molecule has 0 unspecified atom stereocenters. The van der Waals surface area contributed by atoms with Gasteiger partial charge in [0.05, 0.1) is 24.1 Å². The number of nitrogens with zero attached hydrogens (tertiary/aromatic N) is 4. The lowest BCUT2D eigenvalue weighted by Gasteiger charge is -2.08. The fraction of sp³-hybridized carbons (Fsp3) is 0.148. The highest BCUT2D eigenvalue weighted by molar-refractivity contribution is 7.11. The number of carbonyl (C=O) groups excluding carboxylic acids is 2. The number of hydrogen-bond donors (Lipinski definition) is 1. The second-order valence-electron chi connectivity index (χ2n) is 8.18. The van der Waals surface area contributed by atoms with E-state index in [-0.39, 0.29) is 27.5 Å². The molecule has 38 heavy (non-hydrogen) atoms. The third kappa shape index (κ3) is 5.18. The number of amides is 1. The first-order valence-electron chi connectivity index (χ1n) is 11.5. The molecular weight excluding hydrogens is 506 g/mol. The number of carbonyl (C=O) groups is 2. The Kier molecular flexibility index (Phi) is 7.68. The molecule has 2 aromatic heterocycles. The highest BCUT2D eigenvalue weighted by Crippen LogP contribution is 2.17. The van der Waals surface area contributed by atoms with Gasteiger partial charge in [0.2, 0.25) is 0 Å². The minimum Gasteiger partial charge on any atom is -0.465 e. The average molecular weight is 532 g/mol. The molecule has 4 rings (SSSR count). The van der Waals surface area contributed by atoms with Gasteiger partial charge in [0.15, 0.2) is 10.5 Å². The second kappa shape index (κ2) is 11.1. The Balaban J connectivity index is 1.79.